The zero-order valence-electron chi connectivity index (χ0n) is 16.1. The van der Waals surface area contributed by atoms with Crippen molar-refractivity contribution in [2.45, 2.75) is 13.1 Å². The fourth-order valence-corrected chi connectivity index (χ4v) is 3.87. The zero-order chi connectivity index (χ0) is 20.6. The van der Waals surface area contributed by atoms with Gasteiger partial charge in [-0.15, -0.1) is 0 Å². The van der Waals surface area contributed by atoms with Crippen LogP contribution in [0.4, 0.5) is 19.0 Å². The molecule has 1 aromatic carbocycles. The van der Waals surface area contributed by atoms with E-state index >= 15 is 0 Å². The normalized spacial score (nSPS) is 16.0. The number of aromatic nitrogens is 3. The predicted octanol–water partition coefficient (Wildman–Crippen LogP) is 1.42. The van der Waals surface area contributed by atoms with Crippen LogP contribution in [0.3, 0.4) is 0 Å². The third-order valence-electron chi connectivity index (χ3n) is 5.29. The average molecular weight is 406 g/mol. The molecule has 154 valence electrons. The van der Waals surface area contributed by atoms with E-state index in [1.54, 1.807) is 43.3 Å². The monoisotopic (exact) mass is 406 g/mol. The van der Waals surface area contributed by atoms with E-state index in [0.29, 0.717) is 36.7 Å². The number of fused-ring (bicyclic) bond motifs is 1. The minimum atomic E-state index is -4.59. The molecule has 4 rings (SSSR count). The van der Waals surface area contributed by atoms with Crippen LogP contribution in [0.15, 0.2) is 36.4 Å². The maximum Gasteiger partial charge on any atom is 0.435 e. The van der Waals surface area contributed by atoms with E-state index < -0.39 is 11.9 Å². The molecule has 1 aliphatic rings. The number of anilines is 1. The smallest absolute Gasteiger partial charge is 0.391 e. The van der Waals surface area contributed by atoms with Crippen molar-refractivity contribution in [2.24, 2.45) is 0 Å². The van der Waals surface area contributed by atoms with Gasteiger partial charge in [-0.05, 0) is 12.5 Å². The van der Waals surface area contributed by atoms with Crippen molar-refractivity contribution < 1.29 is 23.2 Å². The third kappa shape index (κ3) is 3.79. The molecule has 0 spiro atoms. The minimum Gasteiger partial charge on any atom is -0.391 e. The number of hydrogen-bond donors (Lipinski definition) is 2. The van der Waals surface area contributed by atoms with Crippen LogP contribution in [-0.4, -0.2) is 59.0 Å². The number of nitrogens with zero attached hydrogens (tertiary/aromatic N) is 4. The van der Waals surface area contributed by atoms with Gasteiger partial charge in [-0.1, -0.05) is 30.3 Å². The first-order valence-electron chi connectivity index (χ1n) is 9.61. The Balaban J connectivity index is 1.85. The summed E-state index contributed by atoms with van der Waals surface area (Å²) in [6, 6.07) is 10.3. The van der Waals surface area contributed by atoms with E-state index in [-0.39, 0.29) is 17.8 Å². The molecule has 2 aromatic heterocycles. The van der Waals surface area contributed by atoms with E-state index in [9.17, 15) is 13.2 Å². The Kier molecular flexibility index (Phi) is 5.18. The van der Waals surface area contributed by atoms with Crippen LogP contribution in [0.5, 0.6) is 0 Å². The highest BCUT2D eigenvalue weighted by Gasteiger charge is 2.39. The Morgan fingerprint density at radius 2 is 1.83 bits per heavy atom. The molecule has 9 heteroatoms. The van der Waals surface area contributed by atoms with Crippen LogP contribution >= 0.6 is 0 Å². The lowest BCUT2D eigenvalue weighted by Crippen LogP contribution is -3.15. The lowest BCUT2D eigenvalue weighted by molar-refractivity contribution is -0.900. The lowest BCUT2D eigenvalue weighted by Gasteiger charge is -2.33. The SMILES string of the molecule is Cc1cc(N2CC[NH+](CCO)CC2)n2nc(C(F)(F)F)c(-c3ccccc3)c2n1. The van der Waals surface area contributed by atoms with Crippen molar-refractivity contribution in [1.82, 2.24) is 14.6 Å². The number of aliphatic hydroxyl groups excluding tert-OH is 1. The van der Waals surface area contributed by atoms with Gasteiger partial charge < -0.3 is 14.9 Å². The highest BCUT2D eigenvalue weighted by molar-refractivity contribution is 5.81. The van der Waals surface area contributed by atoms with Crippen molar-refractivity contribution in [2.75, 3.05) is 44.2 Å². The number of aryl methyl sites for hydroxylation is 1. The fraction of sp³-hybridized carbons (Fsp3) is 0.400. The Bertz CT molecular complexity index is 995. The summed E-state index contributed by atoms with van der Waals surface area (Å²) >= 11 is 0. The summed E-state index contributed by atoms with van der Waals surface area (Å²) in [6.07, 6.45) is -4.59. The van der Waals surface area contributed by atoms with Crippen LogP contribution in [0.2, 0.25) is 0 Å². The number of piperazine rings is 1. The number of nitrogens with one attached hydrogen (secondary N) is 1. The second-order valence-electron chi connectivity index (χ2n) is 7.29. The van der Waals surface area contributed by atoms with E-state index in [4.69, 9.17) is 5.11 Å². The number of halogens is 3. The van der Waals surface area contributed by atoms with Gasteiger partial charge in [0.15, 0.2) is 11.3 Å². The molecule has 0 aliphatic carbocycles. The van der Waals surface area contributed by atoms with Crippen LogP contribution in [-0.2, 0) is 6.18 Å². The fourth-order valence-electron chi connectivity index (χ4n) is 3.87. The van der Waals surface area contributed by atoms with Crippen LogP contribution < -0.4 is 9.80 Å². The van der Waals surface area contributed by atoms with Gasteiger partial charge in [0.1, 0.15) is 12.4 Å². The number of rotatable bonds is 4. The summed E-state index contributed by atoms with van der Waals surface area (Å²) in [7, 11) is 0. The molecule has 1 aliphatic heterocycles. The van der Waals surface area contributed by atoms with Crippen molar-refractivity contribution >= 4 is 11.5 Å². The molecule has 0 amide bonds. The maximum atomic E-state index is 13.8. The maximum absolute atomic E-state index is 13.8. The Labute approximate surface area is 166 Å². The first-order valence-corrected chi connectivity index (χ1v) is 9.61. The van der Waals surface area contributed by atoms with E-state index in [1.807, 2.05) is 4.90 Å². The number of hydrogen-bond acceptors (Lipinski definition) is 4. The molecule has 29 heavy (non-hydrogen) atoms. The molecule has 0 bridgehead atoms. The van der Waals surface area contributed by atoms with Gasteiger partial charge in [0.2, 0.25) is 0 Å². The highest BCUT2D eigenvalue weighted by Crippen LogP contribution is 2.39. The molecule has 1 saturated heterocycles. The summed E-state index contributed by atoms with van der Waals surface area (Å²) in [5, 5.41) is 13.1. The van der Waals surface area contributed by atoms with Gasteiger partial charge >= 0.3 is 6.18 Å². The number of alkyl halides is 3. The highest BCUT2D eigenvalue weighted by atomic mass is 19.4. The summed E-state index contributed by atoms with van der Waals surface area (Å²) in [4.78, 5) is 7.75. The molecule has 3 aromatic rings. The number of quaternary nitrogens is 1. The minimum absolute atomic E-state index is 0.00703. The molecule has 1 fully saturated rings. The molecule has 2 N–H and O–H groups in total. The van der Waals surface area contributed by atoms with Crippen LogP contribution in [0, 0.1) is 6.92 Å². The van der Waals surface area contributed by atoms with Crippen molar-refractivity contribution in [3.05, 3.63) is 47.8 Å². The topological polar surface area (TPSA) is 58.1 Å². The standard InChI is InChI=1S/C20H22F3N5O/c1-14-13-16(27-9-7-26(8-10-27)11-12-29)28-19(24-14)17(15-5-3-2-4-6-15)18(25-28)20(21,22)23/h2-6,13,29H,7-12H2,1H3/p+1. The molecule has 6 nitrogen and oxygen atoms in total. The molecule has 0 radical (unpaired) electrons. The molecule has 0 atom stereocenters. The third-order valence-corrected chi connectivity index (χ3v) is 5.29. The first kappa shape index (κ1) is 19.7. The van der Waals surface area contributed by atoms with Crippen LogP contribution in [0.25, 0.3) is 16.8 Å². The van der Waals surface area contributed by atoms with Gasteiger partial charge in [-0.2, -0.15) is 22.8 Å². The van der Waals surface area contributed by atoms with Crippen LogP contribution in [0.1, 0.15) is 11.4 Å². The summed E-state index contributed by atoms with van der Waals surface area (Å²) in [6.45, 7) is 5.56. The second-order valence-corrected chi connectivity index (χ2v) is 7.29. The molecular weight excluding hydrogens is 383 g/mol. The lowest BCUT2D eigenvalue weighted by atomic mass is 10.1. The van der Waals surface area contributed by atoms with E-state index in [2.05, 4.69) is 10.1 Å². The number of benzene rings is 1. The predicted molar refractivity (Wildman–Crippen MR) is 103 cm³/mol. The van der Waals surface area contributed by atoms with Crippen molar-refractivity contribution in [3.8, 4) is 11.1 Å². The largest absolute Gasteiger partial charge is 0.435 e. The van der Waals surface area contributed by atoms with Crippen molar-refractivity contribution in [1.29, 1.82) is 0 Å². The summed E-state index contributed by atoms with van der Waals surface area (Å²) in [5.41, 5.74) is 0.378. The molecule has 0 saturated carbocycles. The van der Waals surface area contributed by atoms with E-state index in [0.717, 1.165) is 13.1 Å². The molecule has 0 unspecified atom stereocenters. The summed E-state index contributed by atoms with van der Waals surface area (Å²) in [5.74, 6) is 0.614. The number of aliphatic hydroxyl groups is 1. The van der Waals surface area contributed by atoms with E-state index in [1.165, 1.54) is 9.42 Å². The van der Waals surface area contributed by atoms with Gasteiger partial charge in [0, 0.05) is 11.8 Å². The first-order chi connectivity index (χ1) is 13.9. The molecular formula is C20H23F3N5O+. The summed E-state index contributed by atoms with van der Waals surface area (Å²) < 4.78 is 42.8. The zero-order valence-corrected chi connectivity index (χ0v) is 16.1. The second kappa shape index (κ2) is 7.64. The van der Waals surface area contributed by atoms with Crippen molar-refractivity contribution in [3.63, 3.8) is 0 Å². The quantitative estimate of drug-likeness (QED) is 0.688. The molecule has 3 heterocycles. The van der Waals surface area contributed by atoms with Gasteiger partial charge in [-0.25, -0.2) is 4.98 Å². The van der Waals surface area contributed by atoms with Gasteiger partial charge in [-0.3, -0.25) is 0 Å². The Morgan fingerprint density at radius 1 is 1.14 bits per heavy atom. The Morgan fingerprint density at radius 3 is 2.45 bits per heavy atom. The Hall–Kier alpha value is -2.65. The van der Waals surface area contributed by atoms with Gasteiger partial charge in [0.05, 0.1) is 38.3 Å². The average Bonchev–Trinajstić information content (AvgIpc) is 3.09. The van der Waals surface area contributed by atoms with Gasteiger partial charge in [0.25, 0.3) is 0 Å².